The van der Waals surface area contributed by atoms with E-state index in [-0.39, 0.29) is 29.1 Å². The van der Waals surface area contributed by atoms with Gasteiger partial charge in [-0.05, 0) is 0 Å². The van der Waals surface area contributed by atoms with E-state index in [2.05, 4.69) is 42.8 Å². The zero-order valence-electron chi connectivity index (χ0n) is 17.2. The van der Waals surface area contributed by atoms with Crippen LogP contribution in [0.15, 0.2) is 64.0 Å². The first kappa shape index (κ1) is 24.1. The SMILES string of the molecule is Cl.O=c1c2cc(Br)cnc2nc(C[C@H]([As])c2cc(F)cc(F)c2)n1-c1ccc(C2CC2)cc1. The summed E-state index contributed by atoms with van der Waals surface area (Å²) in [6.07, 6.45) is 4.27. The van der Waals surface area contributed by atoms with Crippen molar-refractivity contribution in [3.05, 3.63) is 98.1 Å². The molecular weight excluding hydrogens is 575 g/mol. The molecule has 2 aromatic heterocycles. The molecule has 1 saturated carbocycles. The number of benzene rings is 2. The van der Waals surface area contributed by atoms with Crippen LogP contribution in [0.2, 0.25) is 0 Å². The molecule has 0 spiro atoms. The van der Waals surface area contributed by atoms with Gasteiger partial charge in [-0.1, -0.05) is 0 Å². The van der Waals surface area contributed by atoms with Gasteiger partial charge in [0.2, 0.25) is 0 Å². The predicted molar refractivity (Wildman–Crippen MR) is 131 cm³/mol. The molecule has 0 unspecified atom stereocenters. The number of fused-ring (bicyclic) bond motifs is 1. The van der Waals surface area contributed by atoms with E-state index in [0.29, 0.717) is 38.5 Å². The van der Waals surface area contributed by atoms with Crippen molar-refractivity contribution >= 4 is 56.2 Å². The third kappa shape index (κ3) is 5.06. The molecule has 2 heterocycles. The zero-order valence-corrected chi connectivity index (χ0v) is 21.5. The summed E-state index contributed by atoms with van der Waals surface area (Å²) in [6, 6.07) is 13.1. The van der Waals surface area contributed by atoms with Gasteiger partial charge in [0.1, 0.15) is 0 Å². The molecule has 2 radical (unpaired) electrons. The fourth-order valence-corrected chi connectivity index (χ4v) is 4.85. The van der Waals surface area contributed by atoms with Crippen LogP contribution in [-0.4, -0.2) is 31.4 Å². The number of aromatic nitrogens is 3. The van der Waals surface area contributed by atoms with Crippen molar-refractivity contribution in [2.45, 2.75) is 29.9 Å². The number of nitrogens with zero attached hydrogens (tertiary/aromatic N) is 3. The zero-order chi connectivity index (χ0) is 22.4. The number of rotatable bonds is 5. The van der Waals surface area contributed by atoms with E-state index in [0.717, 1.165) is 6.07 Å². The van der Waals surface area contributed by atoms with Crippen molar-refractivity contribution in [3.63, 3.8) is 0 Å². The van der Waals surface area contributed by atoms with E-state index >= 15 is 0 Å². The second-order valence-corrected chi connectivity index (χ2v) is 10.2. The van der Waals surface area contributed by atoms with E-state index in [4.69, 9.17) is 0 Å². The summed E-state index contributed by atoms with van der Waals surface area (Å²) in [6.45, 7) is 0. The maximum atomic E-state index is 13.8. The van der Waals surface area contributed by atoms with Crippen LogP contribution in [0.25, 0.3) is 16.7 Å². The molecule has 1 atom stereocenters. The van der Waals surface area contributed by atoms with E-state index in [1.165, 1.54) is 30.5 Å². The Labute approximate surface area is 212 Å². The summed E-state index contributed by atoms with van der Waals surface area (Å²) in [5.41, 5.74) is 2.55. The molecule has 0 aliphatic heterocycles. The second-order valence-electron chi connectivity index (χ2n) is 7.98. The van der Waals surface area contributed by atoms with Gasteiger partial charge in [0.05, 0.1) is 0 Å². The van der Waals surface area contributed by atoms with Crippen molar-refractivity contribution in [1.82, 2.24) is 14.5 Å². The Morgan fingerprint density at radius 1 is 1.09 bits per heavy atom. The fraction of sp³-hybridized carbons (Fsp3) is 0.208. The predicted octanol–water partition coefficient (Wildman–Crippen LogP) is 5.57. The topological polar surface area (TPSA) is 47.8 Å². The molecular formula is C24H18AsBrClF2N3O. The number of halogens is 4. The Hall–Kier alpha value is -2.08. The maximum absolute atomic E-state index is 13.8. The van der Waals surface area contributed by atoms with Crippen molar-refractivity contribution in [1.29, 1.82) is 0 Å². The van der Waals surface area contributed by atoms with Crippen LogP contribution in [0.5, 0.6) is 0 Å². The van der Waals surface area contributed by atoms with E-state index in [9.17, 15) is 13.6 Å². The molecule has 0 saturated heterocycles. The Bertz CT molecular complexity index is 1370. The molecule has 168 valence electrons. The molecule has 1 aliphatic carbocycles. The van der Waals surface area contributed by atoms with E-state index < -0.39 is 11.6 Å². The van der Waals surface area contributed by atoms with Crippen LogP contribution in [0.3, 0.4) is 0 Å². The van der Waals surface area contributed by atoms with Crippen LogP contribution < -0.4 is 5.56 Å². The van der Waals surface area contributed by atoms with Gasteiger partial charge in [0.25, 0.3) is 0 Å². The molecule has 0 bridgehead atoms. The molecule has 5 rings (SSSR count). The number of hydrogen-bond acceptors (Lipinski definition) is 3. The summed E-state index contributed by atoms with van der Waals surface area (Å²) in [4.78, 5) is 22.5. The summed E-state index contributed by atoms with van der Waals surface area (Å²) in [5.74, 6) is -0.189. The minimum absolute atomic E-state index is 0. The van der Waals surface area contributed by atoms with Crippen LogP contribution in [-0.2, 0) is 6.42 Å². The van der Waals surface area contributed by atoms with Crippen LogP contribution in [0.1, 0.15) is 40.4 Å². The third-order valence-electron chi connectivity index (χ3n) is 5.61. The molecule has 4 aromatic rings. The van der Waals surface area contributed by atoms with Crippen molar-refractivity contribution in [3.8, 4) is 5.69 Å². The summed E-state index contributed by atoms with van der Waals surface area (Å²) < 4.78 is 29.4. The Balaban J connectivity index is 0.00000259. The Kier molecular flexibility index (Phi) is 7.03. The second kappa shape index (κ2) is 9.65. The Morgan fingerprint density at radius 3 is 2.39 bits per heavy atom. The van der Waals surface area contributed by atoms with Gasteiger partial charge in [-0.15, -0.1) is 12.4 Å². The normalized spacial score (nSPS) is 14.2. The molecule has 4 nitrogen and oxygen atoms in total. The molecule has 33 heavy (non-hydrogen) atoms. The van der Waals surface area contributed by atoms with Gasteiger partial charge in [-0.3, -0.25) is 0 Å². The molecule has 2 aromatic carbocycles. The van der Waals surface area contributed by atoms with E-state index in [1.54, 1.807) is 16.8 Å². The van der Waals surface area contributed by atoms with Gasteiger partial charge in [-0.25, -0.2) is 0 Å². The minimum atomic E-state index is -0.637. The molecule has 1 fully saturated rings. The average Bonchev–Trinajstić information content (AvgIpc) is 3.60. The van der Waals surface area contributed by atoms with Gasteiger partial charge < -0.3 is 0 Å². The van der Waals surface area contributed by atoms with Gasteiger partial charge in [0.15, 0.2) is 0 Å². The standard InChI is InChI=1S/C24H17AsBrF2N3O.ClH/c25-21(15-7-17(27)10-18(28)8-15)11-22-30-23-20(9-16(26)12-29-23)24(32)31(22)19-5-3-14(4-6-19)13-1-2-13;/h3-10,12-13,21H,1-2,11H2;1H/t21-;/m0./s1. The number of pyridine rings is 1. The molecule has 1 aliphatic rings. The summed E-state index contributed by atoms with van der Waals surface area (Å²) in [7, 11) is 0. The van der Waals surface area contributed by atoms with Crippen LogP contribution >= 0.6 is 28.3 Å². The monoisotopic (exact) mass is 591 g/mol. The van der Waals surface area contributed by atoms with Crippen molar-refractivity contribution in [2.24, 2.45) is 0 Å². The molecule has 9 heteroatoms. The first-order valence-electron chi connectivity index (χ1n) is 10.2. The first-order valence-corrected chi connectivity index (χ1v) is 12.1. The Morgan fingerprint density at radius 2 is 1.76 bits per heavy atom. The van der Waals surface area contributed by atoms with Crippen molar-refractivity contribution < 1.29 is 8.78 Å². The molecule has 0 amide bonds. The van der Waals surface area contributed by atoms with Gasteiger partial charge in [-0.2, -0.15) is 0 Å². The summed E-state index contributed by atoms with van der Waals surface area (Å²) >= 11 is 5.79. The van der Waals surface area contributed by atoms with Crippen LogP contribution in [0.4, 0.5) is 8.78 Å². The van der Waals surface area contributed by atoms with E-state index in [1.807, 2.05) is 24.3 Å². The third-order valence-corrected chi connectivity index (χ3v) is 7.05. The average molecular weight is 593 g/mol. The summed E-state index contributed by atoms with van der Waals surface area (Å²) in [5, 5.41) is 0.397. The molecule has 0 N–H and O–H groups in total. The quantitative estimate of drug-likeness (QED) is 0.285. The van der Waals surface area contributed by atoms with Crippen LogP contribution in [0, 0.1) is 11.6 Å². The fourth-order valence-electron chi connectivity index (χ4n) is 3.86. The van der Waals surface area contributed by atoms with Crippen molar-refractivity contribution in [2.75, 3.05) is 0 Å². The first-order chi connectivity index (χ1) is 15.4. The van der Waals surface area contributed by atoms with Gasteiger partial charge >= 0.3 is 201 Å². The van der Waals surface area contributed by atoms with Gasteiger partial charge in [0, 0.05) is 0 Å². The number of hydrogen-bond donors (Lipinski definition) is 0.